The zero-order valence-electron chi connectivity index (χ0n) is 7.76. The van der Waals surface area contributed by atoms with E-state index in [1.165, 1.54) is 5.57 Å². The Labute approximate surface area is 69.5 Å². The van der Waals surface area contributed by atoms with Gasteiger partial charge in [0.25, 0.3) is 0 Å². The third-order valence-corrected chi connectivity index (χ3v) is 1.60. The summed E-state index contributed by atoms with van der Waals surface area (Å²) < 4.78 is 0. The average molecular weight is 154 g/mol. The van der Waals surface area contributed by atoms with E-state index in [9.17, 15) is 4.79 Å². The second-order valence-electron chi connectivity index (χ2n) is 3.32. The summed E-state index contributed by atoms with van der Waals surface area (Å²) in [7, 11) is 0. The zero-order valence-corrected chi connectivity index (χ0v) is 7.76. The second kappa shape index (κ2) is 6.14. The van der Waals surface area contributed by atoms with E-state index in [-0.39, 0.29) is 0 Å². The van der Waals surface area contributed by atoms with Crippen molar-refractivity contribution in [3.8, 4) is 0 Å². The first-order chi connectivity index (χ1) is 5.16. The maximum absolute atomic E-state index is 9.99. The van der Waals surface area contributed by atoms with E-state index in [0.29, 0.717) is 12.3 Å². The van der Waals surface area contributed by atoms with E-state index < -0.39 is 0 Å². The van der Waals surface area contributed by atoms with Crippen molar-refractivity contribution in [2.45, 2.75) is 40.0 Å². The molecule has 0 heterocycles. The Morgan fingerprint density at radius 3 is 2.55 bits per heavy atom. The predicted molar refractivity (Wildman–Crippen MR) is 48.5 cm³/mol. The van der Waals surface area contributed by atoms with E-state index in [0.717, 1.165) is 19.1 Å². The van der Waals surface area contributed by atoms with Crippen molar-refractivity contribution < 1.29 is 4.79 Å². The van der Waals surface area contributed by atoms with Crippen LogP contribution in [0.15, 0.2) is 11.6 Å². The van der Waals surface area contributed by atoms with Crippen molar-refractivity contribution in [3.05, 3.63) is 11.6 Å². The first kappa shape index (κ1) is 10.4. The van der Waals surface area contributed by atoms with Crippen LogP contribution >= 0.6 is 0 Å². The zero-order chi connectivity index (χ0) is 8.69. The maximum Gasteiger partial charge on any atom is 0.119 e. The molecule has 0 spiro atoms. The lowest BCUT2D eigenvalue weighted by molar-refractivity contribution is -0.107. The molecule has 0 saturated carbocycles. The van der Waals surface area contributed by atoms with Crippen LogP contribution in [0.3, 0.4) is 0 Å². The summed E-state index contributed by atoms with van der Waals surface area (Å²) in [6.45, 7) is 6.41. The van der Waals surface area contributed by atoms with Gasteiger partial charge in [-0.25, -0.2) is 0 Å². The van der Waals surface area contributed by atoms with Crippen LogP contribution < -0.4 is 0 Å². The molecule has 1 nitrogen and oxygen atoms in total. The molecular formula is C10H18O. The van der Waals surface area contributed by atoms with Gasteiger partial charge in [0.1, 0.15) is 6.29 Å². The number of unbranched alkanes of at least 4 members (excludes halogenated alkanes) is 1. The molecule has 1 heteroatoms. The minimum Gasteiger partial charge on any atom is -0.303 e. The number of rotatable bonds is 5. The minimum atomic E-state index is 0.625. The van der Waals surface area contributed by atoms with Gasteiger partial charge in [0.15, 0.2) is 0 Å². The van der Waals surface area contributed by atoms with Crippen LogP contribution in [0, 0.1) is 5.92 Å². The first-order valence-electron chi connectivity index (χ1n) is 4.25. The summed E-state index contributed by atoms with van der Waals surface area (Å²) in [4.78, 5) is 9.99. The fraction of sp³-hybridized carbons (Fsp3) is 0.700. The summed E-state index contributed by atoms with van der Waals surface area (Å²) in [6.07, 6.45) is 6.11. The number of carbonyl (C=O) groups is 1. The van der Waals surface area contributed by atoms with Crippen molar-refractivity contribution >= 4 is 6.29 Å². The molecular weight excluding hydrogens is 136 g/mol. The van der Waals surface area contributed by atoms with Crippen molar-refractivity contribution in [2.24, 2.45) is 5.92 Å². The van der Waals surface area contributed by atoms with Crippen molar-refractivity contribution in [1.29, 1.82) is 0 Å². The summed E-state index contributed by atoms with van der Waals surface area (Å²) in [6, 6.07) is 0. The first-order valence-corrected chi connectivity index (χ1v) is 4.25. The van der Waals surface area contributed by atoms with E-state index in [2.05, 4.69) is 26.8 Å². The number of hydrogen-bond acceptors (Lipinski definition) is 1. The molecule has 0 aliphatic carbocycles. The van der Waals surface area contributed by atoms with Gasteiger partial charge in [-0.05, 0) is 32.6 Å². The van der Waals surface area contributed by atoms with E-state index in [1.54, 1.807) is 0 Å². The van der Waals surface area contributed by atoms with Crippen molar-refractivity contribution in [2.75, 3.05) is 0 Å². The molecule has 0 amide bonds. The van der Waals surface area contributed by atoms with E-state index >= 15 is 0 Å². The Morgan fingerprint density at radius 1 is 1.45 bits per heavy atom. The molecule has 0 saturated heterocycles. The van der Waals surface area contributed by atoms with Gasteiger partial charge in [-0.3, -0.25) is 0 Å². The minimum absolute atomic E-state index is 0.625. The molecule has 0 aromatic heterocycles. The van der Waals surface area contributed by atoms with Crippen LogP contribution in [0.2, 0.25) is 0 Å². The van der Waals surface area contributed by atoms with Crippen molar-refractivity contribution in [3.63, 3.8) is 0 Å². The van der Waals surface area contributed by atoms with Crippen LogP contribution in [0.5, 0.6) is 0 Å². The number of allylic oxidation sites excluding steroid dienone is 2. The smallest absolute Gasteiger partial charge is 0.119 e. The van der Waals surface area contributed by atoms with Gasteiger partial charge in [0.05, 0.1) is 0 Å². The third-order valence-electron chi connectivity index (χ3n) is 1.60. The highest BCUT2D eigenvalue weighted by atomic mass is 16.1. The normalized spacial score (nSPS) is 12.3. The molecule has 0 aromatic carbocycles. The van der Waals surface area contributed by atoms with Crippen LogP contribution in [-0.2, 0) is 4.79 Å². The third kappa shape index (κ3) is 7.31. The van der Waals surface area contributed by atoms with E-state index in [1.807, 2.05) is 0 Å². The Morgan fingerprint density at radius 2 is 2.09 bits per heavy atom. The van der Waals surface area contributed by atoms with Crippen LogP contribution in [0.25, 0.3) is 0 Å². The average Bonchev–Trinajstić information content (AvgIpc) is 1.86. The molecule has 0 aliphatic rings. The Hall–Kier alpha value is -0.590. The van der Waals surface area contributed by atoms with Crippen molar-refractivity contribution in [1.82, 2.24) is 0 Å². The Kier molecular flexibility index (Phi) is 5.81. The fourth-order valence-electron chi connectivity index (χ4n) is 1.18. The molecule has 0 fully saturated rings. The number of hydrogen-bond donors (Lipinski definition) is 0. The van der Waals surface area contributed by atoms with Gasteiger partial charge in [0, 0.05) is 6.42 Å². The molecule has 0 bridgehead atoms. The van der Waals surface area contributed by atoms with E-state index in [4.69, 9.17) is 0 Å². The van der Waals surface area contributed by atoms with Gasteiger partial charge in [-0.2, -0.15) is 0 Å². The van der Waals surface area contributed by atoms with Crippen LogP contribution in [0.1, 0.15) is 40.0 Å². The van der Waals surface area contributed by atoms with Gasteiger partial charge in [-0.1, -0.05) is 18.6 Å². The topological polar surface area (TPSA) is 17.1 Å². The molecule has 11 heavy (non-hydrogen) atoms. The predicted octanol–water partition coefficient (Wildman–Crippen LogP) is 2.96. The highest BCUT2D eigenvalue weighted by molar-refractivity contribution is 5.48. The number of aldehydes is 1. The molecule has 0 aliphatic heterocycles. The molecule has 0 aromatic rings. The fourth-order valence-corrected chi connectivity index (χ4v) is 1.18. The molecule has 1 unspecified atom stereocenters. The standard InChI is InChI=1S/C10H18O/c1-9(2)8-10(3)6-4-5-7-11/h7-8,10H,4-6H2,1-3H3. The second-order valence-corrected chi connectivity index (χ2v) is 3.32. The SMILES string of the molecule is CC(C)=CC(C)CCCC=O. The summed E-state index contributed by atoms with van der Waals surface area (Å²) in [5.74, 6) is 0.625. The number of carbonyl (C=O) groups excluding carboxylic acids is 1. The summed E-state index contributed by atoms with van der Waals surface area (Å²) in [5, 5.41) is 0. The molecule has 0 N–H and O–H groups in total. The van der Waals surface area contributed by atoms with Gasteiger partial charge < -0.3 is 4.79 Å². The Bertz CT molecular complexity index is 132. The largest absolute Gasteiger partial charge is 0.303 e. The van der Waals surface area contributed by atoms with Gasteiger partial charge in [0.2, 0.25) is 0 Å². The van der Waals surface area contributed by atoms with Crippen LogP contribution in [0.4, 0.5) is 0 Å². The highest BCUT2D eigenvalue weighted by Gasteiger charge is 1.96. The monoisotopic (exact) mass is 154 g/mol. The van der Waals surface area contributed by atoms with Gasteiger partial charge >= 0.3 is 0 Å². The van der Waals surface area contributed by atoms with Gasteiger partial charge in [-0.15, -0.1) is 0 Å². The molecule has 0 radical (unpaired) electrons. The molecule has 64 valence electrons. The lowest BCUT2D eigenvalue weighted by Gasteiger charge is -2.04. The lowest BCUT2D eigenvalue weighted by atomic mass is 10.0. The highest BCUT2D eigenvalue weighted by Crippen LogP contribution is 2.10. The van der Waals surface area contributed by atoms with Crippen LogP contribution in [-0.4, -0.2) is 6.29 Å². The summed E-state index contributed by atoms with van der Waals surface area (Å²) in [5.41, 5.74) is 1.36. The Balaban J connectivity index is 3.44. The molecule has 1 atom stereocenters. The quantitative estimate of drug-likeness (QED) is 0.338. The maximum atomic E-state index is 9.99. The lowest BCUT2D eigenvalue weighted by Crippen LogP contribution is -1.90. The summed E-state index contributed by atoms with van der Waals surface area (Å²) >= 11 is 0. The molecule has 0 rings (SSSR count).